The zero-order valence-corrected chi connectivity index (χ0v) is 12.2. The molecule has 0 bridgehead atoms. The van der Waals surface area contributed by atoms with Crippen molar-refractivity contribution in [3.63, 3.8) is 0 Å². The second-order valence-corrected chi connectivity index (χ2v) is 5.88. The molecule has 3 amide bonds. The van der Waals surface area contributed by atoms with E-state index < -0.39 is 24.1 Å². The summed E-state index contributed by atoms with van der Waals surface area (Å²) in [5.41, 5.74) is 0. The lowest BCUT2D eigenvalue weighted by atomic mass is 9.98. The van der Waals surface area contributed by atoms with Gasteiger partial charge >= 0.3 is 6.09 Å². The lowest BCUT2D eigenvalue weighted by Gasteiger charge is -2.20. The Morgan fingerprint density at radius 3 is 2.55 bits per heavy atom. The molecule has 1 aliphatic carbocycles. The molecule has 120 valence electrons. The van der Waals surface area contributed by atoms with Gasteiger partial charge < -0.3 is 21.1 Å². The number of hydrogen-bond acceptors (Lipinski definition) is 4. The lowest BCUT2D eigenvalue weighted by molar-refractivity contribution is -0.125. The van der Waals surface area contributed by atoms with Crippen LogP contribution in [0.3, 0.4) is 0 Å². The minimum atomic E-state index is -1.26. The second kappa shape index (κ2) is 7.11. The summed E-state index contributed by atoms with van der Waals surface area (Å²) in [5, 5.41) is 25.4. The van der Waals surface area contributed by atoms with Crippen molar-refractivity contribution >= 4 is 17.9 Å². The molecule has 1 saturated heterocycles. The molecule has 8 nitrogen and oxygen atoms in total. The predicted molar refractivity (Wildman–Crippen MR) is 75.6 cm³/mol. The van der Waals surface area contributed by atoms with Gasteiger partial charge in [0, 0.05) is 12.5 Å². The van der Waals surface area contributed by atoms with Crippen LogP contribution < -0.4 is 16.0 Å². The molecule has 3 atom stereocenters. The van der Waals surface area contributed by atoms with Crippen LogP contribution in [0.4, 0.5) is 4.79 Å². The summed E-state index contributed by atoms with van der Waals surface area (Å²) in [6, 6.07) is 0.329. The van der Waals surface area contributed by atoms with Gasteiger partial charge in [0.25, 0.3) is 0 Å². The zero-order valence-electron chi connectivity index (χ0n) is 12.2. The van der Waals surface area contributed by atoms with E-state index in [1.165, 1.54) is 0 Å². The number of rotatable bonds is 7. The number of nitrogens with zero attached hydrogens (tertiary/aromatic N) is 1. The topological polar surface area (TPSA) is 131 Å². The normalized spacial score (nSPS) is 23.0. The minimum Gasteiger partial charge on any atom is -0.465 e. The van der Waals surface area contributed by atoms with E-state index in [-0.39, 0.29) is 18.2 Å². The van der Waals surface area contributed by atoms with Crippen LogP contribution in [0, 0.1) is 23.2 Å². The molecule has 22 heavy (non-hydrogen) atoms. The number of carbonyl (C=O) groups excluding carboxylic acids is 2. The molecule has 0 spiro atoms. The molecule has 0 aromatic carbocycles. The molecule has 0 aromatic heterocycles. The molecule has 2 rings (SSSR count). The van der Waals surface area contributed by atoms with Gasteiger partial charge in [0.15, 0.2) is 0 Å². The first-order valence-electron chi connectivity index (χ1n) is 7.46. The summed E-state index contributed by atoms with van der Waals surface area (Å²) in [6.07, 6.45) is 2.07. The number of amides is 3. The molecule has 0 unspecified atom stereocenters. The number of hydrogen-bond donors (Lipinski definition) is 4. The van der Waals surface area contributed by atoms with Gasteiger partial charge in [0.05, 0.1) is 6.07 Å². The van der Waals surface area contributed by atoms with E-state index in [9.17, 15) is 14.4 Å². The van der Waals surface area contributed by atoms with E-state index >= 15 is 0 Å². The van der Waals surface area contributed by atoms with Gasteiger partial charge in [0.1, 0.15) is 12.1 Å². The Morgan fingerprint density at radius 2 is 2.05 bits per heavy atom. The molecule has 1 saturated carbocycles. The van der Waals surface area contributed by atoms with Crippen LogP contribution >= 0.6 is 0 Å². The maximum atomic E-state index is 12.2. The maximum Gasteiger partial charge on any atom is 0.405 e. The summed E-state index contributed by atoms with van der Waals surface area (Å²) < 4.78 is 0. The van der Waals surface area contributed by atoms with E-state index in [4.69, 9.17) is 10.4 Å². The van der Waals surface area contributed by atoms with Crippen LogP contribution in [0.25, 0.3) is 0 Å². The number of carbonyl (C=O) groups is 3. The van der Waals surface area contributed by atoms with Crippen molar-refractivity contribution in [2.24, 2.45) is 11.8 Å². The maximum absolute atomic E-state index is 12.2. The average Bonchev–Trinajstić information content (AvgIpc) is 3.19. The molecule has 2 aliphatic rings. The summed E-state index contributed by atoms with van der Waals surface area (Å²) in [4.78, 5) is 34.5. The first-order valence-corrected chi connectivity index (χ1v) is 7.46. The van der Waals surface area contributed by atoms with E-state index in [1.54, 1.807) is 0 Å². The quantitative estimate of drug-likeness (QED) is 0.524. The summed E-state index contributed by atoms with van der Waals surface area (Å²) in [5.74, 6) is -0.519. The molecular weight excluding hydrogens is 288 g/mol. The van der Waals surface area contributed by atoms with Crippen LogP contribution in [0.1, 0.15) is 32.1 Å². The zero-order chi connectivity index (χ0) is 16.1. The number of nitrogens with one attached hydrogen (secondary N) is 3. The Hall–Kier alpha value is -2.30. The fourth-order valence-corrected chi connectivity index (χ4v) is 2.64. The third kappa shape index (κ3) is 4.62. The van der Waals surface area contributed by atoms with Gasteiger partial charge in [-0.3, -0.25) is 9.59 Å². The monoisotopic (exact) mass is 308 g/mol. The van der Waals surface area contributed by atoms with Crippen molar-refractivity contribution < 1.29 is 19.5 Å². The Labute approximate surface area is 128 Å². The fourth-order valence-electron chi connectivity index (χ4n) is 2.64. The van der Waals surface area contributed by atoms with Gasteiger partial charge in [-0.05, 0) is 25.2 Å². The first kappa shape index (κ1) is 16.1. The van der Waals surface area contributed by atoms with Crippen LogP contribution in [0.5, 0.6) is 0 Å². The van der Waals surface area contributed by atoms with Crippen molar-refractivity contribution in [2.75, 3.05) is 6.54 Å². The Balaban J connectivity index is 1.89. The highest BCUT2D eigenvalue weighted by molar-refractivity contribution is 5.86. The summed E-state index contributed by atoms with van der Waals surface area (Å²) in [7, 11) is 0. The summed E-state index contributed by atoms with van der Waals surface area (Å²) in [6.45, 7) is 0.584. The molecule has 1 aliphatic heterocycles. The van der Waals surface area contributed by atoms with Crippen molar-refractivity contribution in [1.29, 1.82) is 5.26 Å². The molecule has 1 heterocycles. The highest BCUT2D eigenvalue weighted by Gasteiger charge is 2.33. The van der Waals surface area contributed by atoms with Crippen molar-refractivity contribution in [1.82, 2.24) is 16.0 Å². The van der Waals surface area contributed by atoms with Gasteiger partial charge in [-0.1, -0.05) is 12.8 Å². The highest BCUT2D eigenvalue weighted by Crippen LogP contribution is 2.33. The highest BCUT2D eigenvalue weighted by atomic mass is 16.4. The molecule has 0 aromatic rings. The SMILES string of the molecule is N#C[C@H](C[C@@H]1CCNC1=O)NC(=O)[C@H](CC1CC1)NC(=O)O. The Bertz CT molecular complexity index is 498. The standard InChI is InChI=1S/C14H20N4O4/c15-7-10(6-9-3-4-16-12(9)19)17-13(20)11(18-14(21)22)5-8-1-2-8/h8-11,18H,1-6H2,(H,16,19)(H,17,20)(H,21,22)/t9-,10-,11-/m0/s1. The third-order valence-electron chi connectivity index (χ3n) is 4.04. The van der Waals surface area contributed by atoms with Crippen LogP contribution in [0.15, 0.2) is 0 Å². The van der Waals surface area contributed by atoms with Crippen molar-refractivity contribution in [2.45, 2.75) is 44.2 Å². The Kier molecular flexibility index (Phi) is 5.20. The van der Waals surface area contributed by atoms with Crippen molar-refractivity contribution in [3.05, 3.63) is 0 Å². The van der Waals surface area contributed by atoms with E-state index in [0.29, 0.717) is 25.3 Å². The number of nitriles is 1. The van der Waals surface area contributed by atoms with E-state index in [1.807, 2.05) is 6.07 Å². The minimum absolute atomic E-state index is 0.104. The Morgan fingerprint density at radius 1 is 1.32 bits per heavy atom. The second-order valence-electron chi connectivity index (χ2n) is 5.88. The molecule has 8 heteroatoms. The van der Waals surface area contributed by atoms with Gasteiger partial charge in [-0.25, -0.2) is 4.79 Å². The van der Waals surface area contributed by atoms with E-state index in [2.05, 4.69) is 16.0 Å². The van der Waals surface area contributed by atoms with Gasteiger partial charge in [-0.2, -0.15) is 5.26 Å². The number of carboxylic acid groups (broad SMARTS) is 1. The van der Waals surface area contributed by atoms with Crippen LogP contribution in [0.2, 0.25) is 0 Å². The average molecular weight is 308 g/mol. The third-order valence-corrected chi connectivity index (χ3v) is 4.04. The van der Waals surface area contributed by atoms with Crippen LogP contribution in [-0.2, 0) is 9.59 Å². The predicted octanol–water partition coefficient (Wildman–Crippen LogP) is -0.0427. The molecule has 2 fully saturated rings. The van der Waals surface area contributed by atoms with Gasteiger partial charge in [-0.15, -0.1) is 0 Å². The van der Waals surface area contributed by atoms with E-state index in [0.717, 1.165) is 12.8 Å². The van der Waals surface area contributed by atoms with Crippen LogP contribution in [-0.4, -0.2) is 41.6 Å². The summed E-state index contributed by atoms with van der Waals surface area (Å²) >= 11 is 0. The largest absolute Gasteiger partial charge is 0.465 e. The molecule has 4 N–H and O–H groups in total. The van der Waals surface area contributed by atoms with Crippen molar-refractivity contribution in [3.8, 4) is 6.07 Å². The fraction of sp³-hybridized carbons (Fsp3) is 0.714. The smallest absolute Gasteiger partial charge is 0.405 e. The van der Waals surface area contributed by atoms with Gasteiger partial charge in [0.2, 0.25) is 11.8 Å². The lowest BCUT2D eigenvalue weighted by Crippen LogP contribution is -2.49. The molecule has 0 radical (unpaired) electrons. The molecular formula is C14H20N4O4. The first-order chi connectivity index (χ1) is 10.5.